The SMILES string of the molecule is CCc1ccc(-n2nc3cc(C)c(NC(=S)NC(=O)c4ccc5c(c4)OCO5)cc3n2)cc1. The number of nitrogens with one attached hydrogen (secondary N) is 2. The predicted molar refractivity (Wildman–Crippen MR) is 129 cm³/mol. The maximum absolute atomic E-state index is 12.6. The quantitative estimate of drug-likeness (QED) is 0.443. The number of hydrogen-bond acceptors (Lipinski definition) is 6. The van der Waals surface area contributed by atoms with Gasteiger partial charge in [0, 0.05) is 11.3 Å². The molecule has 1 amide bonds. The van der Waals surface area contributed by atoms with E-state index in [1.54, 1.807) is 23.0 Å². The van der Waals surface area contributed by atoms with Crippen molar-refractivity contribution in [2.24, 2.45) is 0 Å². The number of aryl methyl sites for hydroxylation is 2. The third-order valence-corrected chi connectivity index (χ3v) is 5.62. The van der Waals surface area contributed by atoms with Crippen molar-refractivity contribution in [3.63, 3.8) is 0 Å². The summed E-state index contributed by atoms with van der Waals surface area (Å²) in [6, 6.07) is 16.9. The molecule has 33 heavy (non-hydrogen) atoms. The van der Waals surface area contributed by atoms with Crippen molar-refractivity contribution in [2.45, 2.75) is 20.3 Å². The van der Waals surface area contributed by atoms with Crippen LogP contribution in [0.1, 0.15) is 28.4 Å². The molecule has 5 rings (SSSR count). The average Bonchev–Trinajstić information content (AvgIpc) is 3.45. The molecule has 0 radical (unpaired) electrons. The van der Waals surface area contributed by atoms with E-state index in [9.17, 15) is 4.79 Å². The van der Waals surface area contributed by atoms with E-state index < -0.39 is 0 Å². The molecule has 0 fully saturated rings. The van der Waals surface area contributed by atoms with Gasteiger partial charge < -0.3 is 14.8 Å². The molecule has 0 spiro atoms. The molecule has 166 valence electrons. The fourth-order valence-electron chi connectivity index (χ4n) is 3.55. The van der Waals surface area contributed by atoms with Crippen molar-refractivity contribution >= 4 is 40.0 Å². The summed E-state index contributed by atoms with van der Waals surface area (Å²) in [5.41, 5.74) is 5.73. The Morgan fingerprint density at radius 1 is 1.03 bits per heavy atom. The summed E-state index contributed by atoms with van der Waals surface area (Å²) in [6.45, 7) is 4.21. The highest BCUT2D eigenvalue weighted by Gasteiger charge is 2.17. The van der Waals surface area contributed by atoms with Crippen LogP contribution in [0.3, 0.4) is 0 Å². The van der Waals surface area contributed by atoms with Gasteiger partial charge in [0.2, 0.25) is 6.79 Å². The number of carbonyl (C=O) groups is 1. The van der Waals surface area contributed by atoms with Crippen molar-refractivity contribution in [3.8, 4) is 17.2 Å². The smallest absolute Gasteiger partial charge is 0.257 e. The first-order chi connectivity index (χ1) is 16.0. The van der Waals surface area contributed by atoms with Gasteiger partial charge in [0.1, 0.15) is 11.0 Å². The molecular weight excluding hydrogens is 438 g/mol. The lowest BCUT2D eigenvalue weighted by Gasteiger charge is -2.12. The molecular formula is C24H21N5O3S. The molecule has 0 bridgehead atoms. The Bertz CT molecular complexity index is 1380. The molecule has 9 heteroatoms. The molecule has 1 aliphatic rings. The standard InChI is InChI=1S/C24H21N5O3S/c1-3-15-4-7-17(8-5-15)29-27-19-10-14(2)18(12-20(19)28-29)25-24(33)26-23(30)16-6-9-21-22(11-16)32-13-31-21/h4-12H,3,13H2,1-2H3,(H2,25,26,30,33). The zero-order valence-corrected chi connectivity index (χ0v) is 18.9. The molecule has 1 aliphatic heterocycles. The van der Waals surface area contributed by atoms with Crippen molar-refractivity contribution in [2.75, 3.05) is 12.1 Å². The number of benzene rings is 3. The molecule has 0 saturated carbocycles. The van der Waals surface area contributed by atoms with E-state index in [1.165, 1.54) is 5.56 Å². The Labute approximate surface area is 195 Å². The van der Waals surface area contributed by atoms with Gasteiger partial charge in [-0.1, -0.05) is 19.1 Å². The fourth-order valence-corrected chi connectivity index (χ4v) is 3.75. The first-order valence-electron chi connectivity index (χ1n) is 10.5. The first kappa shape index (κ1) is 20.9. The number of nitrogens with zero attached hydrogens (tertiary/aromatic N) is 3. The van der Waals surface area contributed by atoms with Crippen LogP contribution in [0.2, 0.25) is 0 Å². The number of carbonyl (C=O) groups excluding carboxylic acids is 1. The Morgan fingerprint density at radius 2 is 1.76 bits per heavy atom. The van der Waals surface area contributed by atoms with Crippen LogP contribution in [0.15, 0.2) is 54.6 Å². The minimum absolute atomic E-state index is 0.150. The number of anilines is 1. The van der Waals surface area contributed by atoms with Crippen molar-refractivity contribution in [1.82, 2.24) is 20.3 Å². The summed E-state index contributed by atoms with van der Waals surface area (Å²) in [6.07, 6.45) is 0.980. The highest BCUT2D eigenvalue weighted by Crippen LogP contribution is 2.32. The number of amides is 1. The monoisotopic (exact) mass is 459 g/mol. The number of hydrogen-bond donors (Lipinski definition) is 2. The van der Waals surface area contributed by atoms with Gasteiger partial charge in [0.15, 0.2) is 16.6 Å². The van der Waals surface area contributed by atoms with E-state index in [4.69, 9.17) is 21.7 Å². The number of rotatable bonds is 4. The van der Waals surface area contributed by atoms with Crippen molar-refractivity contribution in [3.05, 3.63) is 71.3 Å². The highest BCUT2D eigenvalue weighted by molar-refractivity contribution is 7.80. The van der Waals surface area contributed by atoms with Crippen LogP contribution in [0, 0.1) is 6.92 Å². The van der Waals surface area contributed by atoms with E-state index in [2.05, 4.69) is 39.9 Å². The van der Waals surface area contributed by atoms with Gasteiger partial charge in [-0.3, -0.25) is 10.1 Å². The molecule has 0 saturated heterocycles. The fraction of sp³-hybridized carbons (Fsp3) is 0.167. The zero-order chi connectivity index (χ0) is 22.9. The maximum Gasteiger partial charge on any atom is 0.257 e. The summed E-state index contributed by atoms with van der Waals surface area (Å²) in [7, 11) is 0. The number of aromatic nitrogens is 3. The number of thiocarbonyl (C=S) groups is 1. The Balaban J connectivity index is 1.32. The Morgan fingerprint density at radius 3 is 2.52 bits per heavy atom. The minimum Gasteiger partial charge on any atom is -0.454 e. The second-order valence-corrected chi connectivity index (χ2v) is 8.05. The lowest BCUT2D eigenvalue weighted by molar-refractivity contribution is 0.0977. The third kappa shape index (κ3) is 4.22. The average molecular weight is 460 g/mol. The van der Waals surface area contributed by atoms with Gasteiger partial charge in [-0.05, 0) is 79.2 Å². The van der Waals surface area contributed by atoms with Crippen molar-refractivity contribution < 1.29 is 14.3 Å². The van der Waals surface area contributed by atoms with E-state index >= 15 is 0 Å². The number of fused-ring (bicyclic) bond motifs is 2. The van der Waals surface area contributed by atoms with Gasteiger partial charge in [0.25, 0.3) is 5.91 Å². The van der Waals surface area contributed by atoms with Crippen LogP contribution >= 0.6 is 12.2 Å². The van der Waals surface area contributed by atoms with Gasteiger partial charge in [0.05, 0.1) is 5.69 Å². The summed E-state index contributed by atoms with van der Waals surface area (Å²) in [5, 5.41) is 15.2. The summed E-state index contributed by atoms with van der Waals surface area (Å²) < 4.78 is 10.6. The van der Waals surface area contributed by atoms with Crippen LogP contribution in [0.5, 0.6) is 11.5 Å². The van der Waals surface area contributed by atoms with E-state index in [0.717, 1.165) is 28.9 Å². The topological polar surface area (TPSA) is 90.3 Å². The van der Waals surface area contributed by atoms with Crippen LogP contribution < -0.4 is 20.1 Å². The summed E-state index contributed by atoms with van der Waals surface area (Å²) in [5.74, 6) is 0.812. The van der Waals surface area contributed by atoms with E-state index in [1.807, 2.05) is 31.2 Å². The second-order valence-electron chi connectivity index (χ2n) is 7.64. The molecule has 2 N–H and O–H groups in total. The highest BCUT2D eigenvalue weighted by atomic mass is 32.1. The maximum atomic E-state index is 12.6. The molecule has 0 aliphatic carbocycles. The van der Waals surface area contributed by atoms with Crippen LogP contribution in [0.25, 0.3) is 16.7 Å². The molecule has 2 heterocycles. The van der Waals surface area contributed by atoms with Gasteiger partial charge >= 0.3 is 0 Å². The molecule has 8 nitrogen and oxygen atoms in total. The molecule has 3 aromatic carbocycles. The van der Waals surface area contributed by atoms with Crippen LogP contribution in [0.4, 0.5) is 5.69 Å². The second kappa shape index (κ2) is 8.51. The van der Waals surface area contributed by atoms with E-state index in [-0.39, 0.29) is 17.8 Å². The molecule has 0 unspecified atom stereocenters. The zero-order valence-electron chi connectivity index (χ0n) is 18.1. The van der Waals surface area contributed by atoms with Gasteiger partial charge in [-0.25, -0.2) is 0 Å². The lowest BCUT2D eigenvalue weighted by Crippen LogP contribution is -2.34. The lowest BCUT2D eigenvalue weighted by atomic mass is 10.1. The van der Waals surface area contributed by atoms with Gasteiger partial charge in [-0.2, -0.15) is 4.80 Å². The van der Waals surface area contributed by atoms with Crippen molar-refractivity contribution in [1.29, 1.82) is 0 Å². The summed E-state index contributed by atoms with van der Waals surface area (Å²) >= 11 is 5.36. The summed E-state index contributed by atoms with van der Waals surface area (Å²) in [4.78, 5) is 14.2. The Hall–Kier alpha value is -3.98. The van der Waals surface area contributed by atoms with Gasteiger partial charge in [-0.15, -0.1) is 10.2 Å². The normalized spacial score (nSPS) is 12.1. The predicted octanol–water partition coefficient (Wildman–Crippen LogP) is 4.15. The molecule has 0 atom stereocenters. The first-order valence-corrected chi connectivity index (χ1v) is 10.9. The molecule has 4 aromatic rings. The van der Waals surface area contributed by atoms with Crippen LogP contribution in [-0.2, 0) is 6.42 Å². The largest absolute Gasteiger partial charge is 0.454 e. The Kier molecular flexibility index (Phi) is 5.39. The third-order valence-electron chi connectivity index (χ3n) is 5.41. The minimum atomic E-state index is -0.342. The van der Waals surface area contributed by atoms with E-state index in [0.29, 0.717) is 22.6 Å². The molecule has 1 aromatic heterocycles. The number of ether oxygens (including phenoxy) is 2. The van der Waals surface area contributed by atoms with Crippen LogP contribution in [-0.4, -0.2) is 32.8 Å².